The Kier molecular flexibility index (Phi) is 23.9. The zero-order valence-electron chi connectivity index (χ0n) is 14.8. The van der Waals surface area contributed by atoms with Gasteiger partial charge in [-0.25, -0.2) is 5.26 Å². The van der Waals surface area contributed by atoms with Crippen molar-refractivity contribution in [2.24, 2.45) is 0 Å². The molecule has 128 valence electrons. The van der Waals surface area contributed by atoms with Gasteiger partial charge in [-0.2, -0.15) is 0 Å². The van der Waals surface area contributed by atoms with E-state index in [0.29, 0.717) is 0 Å². The molecule has 0 aromatic rings. The summed E-state index contributed by atoms with van der Waals surface area (Å²) in [5.74, 6) is 0. The van der Waals surface area contributed by atoms with Gasteiger partial charge in [0.2, 0.25) is 0 Å². The van der Waals surface area contributed by atoms with Crippen LogP contribution < -0.4 is 0 Å². The van der Waals surface area contributed by atoms with E-state index in [1.807, 2.05) is 0 Å². The minimum atomic E-state index is 0. The zero-order valence-corrected chi connectivity index (χ0v) is 15.6. The molecule has 2 N–H and O–H groups in total. The molecule has 0 spiro atoms. The molecule has 0 saturated carbocycles. The Bertz CT molecular complexity index is 192. The summed E-state index contributed by atoms with van der Waals surface area (Å²) in [4.78, 5) is 0. The van der Waals surface area contributed by atoms with Gasteiger partial charge in [-0.3, -0.25) is 0 Å². The van der Waals surface area contributed by atoms with Gasteiger partial charge in [0.25, 0.3) is 0 Å². The molecule has 0 rings (SSSR count). The summed E-state index contributed by atoms with van der Waals surface area (Å²) in [6, 6.07) is 0. The monoisotopic (exact) mass is 318 g/mol. The van der Waals surface area contributed by atoms with E-state index in [9.17, 15) is 0 Å². The fourth-order valence-corrected chi connectivity index (χ4v) is 2.64. The first kappa shape index (κ1) is 25.6. The third-order valence-electron chi connectivity index (χ3n) is 3.94. The van der Waals surface area contributed by atoms with E-state index in [4.69, 9.17) is 5.26 Å². The predicted molar refractivity (Wildman–Crippen MR) is 96.0 cm³/mol. The lowest BCUT2D eigenvalue weighted by Gasteiger charge is -2.39. The number of hydrogen-bond acceptors (Lipinski definition) is 2. The van der Waals surface area contributed by atoms with Crippen LogP contribution in [0.25, 0.3) is 0 Å². The second-order valence-corrected chi connectivity index (χ2v) is 5.92. The van der Waals surface area contributed by atoms with Crippen LogP contribution in [0.2, 0.25) is 0 Å². The molecule has 4 heteroatoms. The van der Waals surface area contributed by atoms with Crippen LogP contribution in [-0.4, -0.2) is 36.1 Å². The predicted octanol–water partition coefficient (Wildman–Crippen LogP) is 4.19. The fraction of sp³-hybridized carbons (Fsp3) is 0.941. The van der Waals surface area contributed by atoms with Crippen LogP contribution in [0.15, 0.2) is 0 Å². The average molecular weight is 319 g/mol. The average Bonchev–Trinajstić information content (AvgIpc) is 2.46. The minimum Gasteiger partial charge on any atom is -0.696 e. The van der Waals surface area contributed by atoms with E-state index >= 15 is 0 Å². The van der Waals surface area contributed by atoms with Crippen LogP contribution in [0.3, 0.4) is 0 Å². The summed E-state index contributed by atoms with van der Waals surface area (Å²) in [5.41, 5.74) is 0. The maximum atomic E-state index is 7.13. The molecule has 0 aromatic carbocycles. The first-order valence-electron chi connectivity index (χ1n) is 8.52. The molecule has 0 aliphatic carbocycles. The molecule has 0 aromatic heterocycles. The molecule has 0 aliphatic heterocycles. The van der Waals surface area contributed by atoms with Crippen molar-refractivity contribution < 1.29 is 9.96 Å². The normalized spacial score (nSPS) is 10.0. The third-order valence-corrected chi connectivity index (χ3v) is 3.94. The molecule has 0 saturated heterocycles. The topological polar surface area (TPSA) is 55.3 Å². The van der Waals surface area contributed by atoms with Crippen molar-refractivity contribution in [2.75, 3.05) is 26.2 Å². The molecule has 0 heterocycles. The highest BCUT2D eigenvalue weighted by atomic mass is 32.1. The number of quaternary nitrogens is 1. The van der Waals surface area contributed by atoms with Crippen LogP contribution >= 0.6 is 0 Å². The van der Waals surface area contributed by atoms with Crippen LogP contribution in [-0.2, 0) is 12.6 Å². The Hall–Kier alpha value is -0.370. The van der Waals surface area contributed by atoms with Gasteiger partial charge in [-0.15, -0.1) is 0 Å². The Balaban J connectivity index is -0.000000740. The van der Waals surface area contributed by atoms with Crippen LogP contribution in [0, 0.1) is 10.7 Å². The molecule has 21 heavy (non-hydrogen) atoms. The second kappa shape index (κ2) is 19.6. The van der Waals surface area contributed by atoms with Crippen LogP contribution in [0.4, 0.5) is 0 Å². The van der Waals surface area contributed by atoms with Crippen LogP contribution in [0.1, 0.15) is 79.1 Å². The minimum absolute atomic E-state index is 0. The van der Waals surface area contributed by atoms with Crippen molar-refractivity contribution in [3.05, 3.63) is 0 Å². The Labute approximate surface area is 139 Å². The molecule has 0 radical (unpaired) electrons. The molecular weight excluding hydrogens is 280 g/mol. The van der Waals surface area contributed by atoms with Crippen molar-refractivity contribution in [1.29, 1.82) is 5.26 Å². The second-order valence-electron chi connectivity index (χ2n) is 5.74. The van der Waals surface area contributed by atoms with E-state index in [2.05, 4.69) is 40.3 Å². The summed E-state index contributed by atoms with van der Waals surface area (Å²) in [6.07, 6.45) is 11.1. The highest BCUT2D eigenvalue weighted by Gasteiger charge is 2.24. The number of nitriles is 1. The highest BCUT2D eigenvalue weighted by molar-refractivity contribution is 7.64. The van der Waals surface area contributed by atoms with Crippen LogP contribution in [0.5, 0.6) is 0 Å². The summed E-state index contributed by atoms with van der Waals surface area (Å²) >= 11 is 3.70. The standard InChI is InChI=1S/C16H36N.CHNS.H2O/c1-5-9-13-17(14-10-6-2,15-11-7-3)16-12-8-4;2-1-3;/h5-16H2,1-4H3;3H;1H2/q+1;;/p-1. The lowest BCUT2D eigenvalue weighted by atomic mass is 10.1. The van der Waals surface area contributed by atoms with Crippen molar-refractivity contribution in [3.8, 4) is 5.40 Å². The molecule has 0 aliphatic rings. The molecule has 3 nitrogen and oxygen atoms in total. The van der Waals surface area contributed by atoms with Gasteiger partial charge in [0.1, 0.15) is 0 Å². The first-order chi connectivity index (χ1) is 9.66. The maximum absolute atomic E-state index is 7.13. The van der Waals surface area contributed by atoms with Crippen molar-refractivity contribution in [2.45, 2.75) is 79.1 Å². The molecule has 0 atom stereocenters. The summed E-state index contributed by atoms with van der Waals surface area (Å²) in [6.45, 7) is 15.0. The molecular formula is C17H38N2OS. The van der Waals surface area contributed by atoms with E-state index in [1.165, 1.54) is 87.4 Å². The quantitative estimate of drug-likeness (QED) is 0.308. The van der Waals surface area contributed by atoms with Crippen molar-refractivity contribution in [3.63, 3.8) is 0 Å². The van der Waals surface area contributed by atoms with Gasteiger partial charge < -0.3 is 22.6 Å². The van der Waals surface area contributed by atoms with E-state index in [-0.39, 0.29) is 5.48 Å². The van der Waals surface area contributed by atoms with Crippen molar-refractivity contribution >= 4 is 12.6 Å². The van der Waals surface area contributed by atoms with Gasteiger partial charge in [-0.1, -0.05) is 58.8 Å². The molecule has 0 fully saturated rings. The van der Waals surface area contributed by atoms with E-state index in [1.54, 1.807) is 0 Å². The van der Waals surface area contributed by atoms with Gasteiger partial charge >= 0.3 is 0 Å². The molecule has 0 amide bonds. The summed E-state index contributed by atoms with van der Waals surface area (Å²) in [7, 11) is 0. The lowest BCUT2D eigenvalue weighted by Crippen LogP contribution is -2.50. The Morgan fingerprint density at radius 2 is 0.905 bits per heavy atom. The first-order valence-corrected chi connectivity index (χ1v) is 8.93. The number of thiocyanates is 1. The number of hydrogen-bond donors (Lipinski definition) is 0. The lowest BCUT2D eigenvalue weighted by molar-refractivity contribution is -0.929. The van der Waals surface area contributed by atoms with Gasteiger partial charge in [0, 0.05) is 0 Å². The van der Waals surface area contributed by atoms with E-state index in [0.717, 1.165) is 0 Å². The summed E-state index contributed by atoms with van der Waals surface area (Å²) in [5, 5.41) is 8.47. The third kappa shape index (κ3) is 15.8. The number of unbranched alkanes of at least 4 members (excludes halogenated alkanes) is 4. The van der Waals surface area contributed by atoms with Gasteiger partial charge in [-0.05, 0) is 25.7 Å². The zero-order chi connectivity index (χ0) is 15.7. The van der Waals surface area contributed by atoms with Gasteiger partial charge in [0.05, 0.1) is 26.2 Å². The smallest absolute Gasteiger partial charge is 0.0786 e. The summed E-state index contributed by atoms with van der Waals surface area (Å²) < 4.78 is 1.42. The largest absolute Gasteiger partial charge is 0.696 e. The van der Waals surface area contributed by atoms with E-state index < -0.39 is 0 Å². The van der Waals surface area contributed by atoms with Gasteiger partial charge in [0.15, 0.2) is 0 Å². The van der Waals surface area contributed by atoms with Crippen molar-refractivity contribution in [1.82, 2.24) is 0 Å². The highest BCUT2D eigenvalue weighted by Crippen LogP contribution is 2.16. The fourth-order valence-electron chi connectivity index (χ4n) is 2.64. The Morgan fingerprint density at radius 3 is 1.05 bits per heavy atom. The number of nitrogens with zero attached hydrogens (tertiary/aromatic N) is 2. The maximum Gasteiger partial charge on any atom is 0.0786 e. The SMILES string of the molecule is CCCC[N+](CCCC)(CCCC)CCCC.N#C[S-].O. The Morgan fingerprint density at radius 1 is 0.714 bits per heavy atom. The molecule has 0 unspecified atom stereocenters. The molecule has 0 bridgehead atoms. The number of rotatable bonds is 12.